The van der Waals surface area contributed by atoms with Gasteiger partial charge in [0.1, 0.15) is 17.5 Å². The molecule has 0 radical (unpaired) electrons. The summed E-state index contributed by atoms with van der Waals surface area (Å²) in [5.41, 5.74) is 1.51. The summed E-state index contributed by atoms with van der Waals surface area (Å²) in [6.45, 7) is 1.79. The number of anilines is 2. The maximum absolute atomic E-state index is 12.5. The van der Waals surface area contributed by atoms with Crippen LogP contribution in [0.1, 0.15) is 6.92 Å². The number of hydrogen-bond acceptors (Lipinski definition) is 6. The third-order valence-corrected chi connectivity index (χ3v) is 4.66. The number of benzene rings is 2. The number of thiazole rings is 1. The Kier molecular flexibility index (Phi) is 5.04. The van der Waals surface area contributed by atoms with Gasteiger partial charge in [-0.25, -0.2) is 4.98 Å². The van der Waals surface area contributed by atoms with E-state index in [-0.39, 0.29) is 5.91 Å². The van der Waals surface area contributed by atoms with Gasteiger partial charge in [0.25, 0.3) is 0 Å². The van der Waals surface area contributed by atoms with Crippen molar-refractivity contribution in [3.8, 4) is 11.5 Å². The molecule has 25 heavy (non-hydrogen) atoms. The molecule has 0 aliphatic heterocycles. The monoisotopic (exact) mass is 357 g/mol. The lowest BCUT2D eigenvalue weighted by atomic mass is 10.2. The van der Waals surface area contributed by atoms with E-state index in [0.29, 0.717) is 22.3 Å². The standard InChI is InChI=1S/C18H19N3O3S/c1-11(19-18-21-14-6-4-5-7-16(14)25-18)17(22)20-13-9-8-12(23-2)10-15(13)24-3/h4-11H,1-3H3,(H,19,21)(H,20,22)/t11-/m0/s1. The summed E-state index contributed by atoms with van der Waals surface area (Å²) < 4.78 is 11.5. The molecule has 0 aliphatic carbocycles. The van der Waals surface area contributed by atoms with Gasteiger partial charge in [-0.15, -0.1) is 0 Å². The zero-order chi connectivity index (χ0) is 17.8. The van der Waals surface area contributed by atoms with Gasteiger partial charge in [0, 0.05) is 6.07 Å². The topological polar surface area (TPSA) is 72.5 Å². The lowest BCUT2D eigenvalue weighted by Gasteiger charge is -2.15. The summed E-state index contributed by atoms with van der Waals surface area (Å²) in [7, 11) is 3.13. The zero-order valence-corrected chi connectivity index (χ0v) is 15.0. The molecule has 1 amide bonds. The SMILES string of the molecule is COc1ccc(NC(=O)[C@H](C)Nc2nc3ccccc3s2)c(OC)c1. The summed E-state index contributed by atoms with van der Waals surface area (Å²) in [5, 5.41) is 6.72. The van der Waals surface area contributed by atoms with Gasteiger partial charge in [0.05, 0.1) is 30.1 Å². The second-order valence-corrected chi connectivity index (χ2v) is 6.44. The molecule has 0 saturated carbocycles. The van der Waals surface area contributed by atoms with Crippen molar-refractivity contribution in [3.63, 3.8) is 0 Å². The Morgan fingerprint density at radius 3 is 2.68 bits per heavy atom. The van der Waals surface area contributed by atoms with Crippen molar-refractivity contribution in [1.82, 2.24) is 4.98 Å². The van der Waals surface area contributed by atoms with Crippen molar-refractivity contribution in [2.75, 3.05) is 24.9 Å². The lowest BCUT2D eigenvalue weighted by Crippen LogP contribution is -2.31. The third kappa shape index (κ3) is 3.83. The Hall–Kier alpha value is -2.80. The number of rotatable bonds is 6. The number of nitrogens with zero attached hydrogens (tertiary/aromatic N) is 1. The van der Waals surface area contributed by atoms with Crippen LogP contribution in [0.2, 0.25) is 0 Å². The number of aromatic nitrogens is 1. The molecule has 3 aromatic rings. The number of carbonyl (C=O) groups is 1. The van der Waals surface area contributed by atoms with Crippen LogP contribution in [0.3, 0.4) is 0 Å². The predicted molar refractivity (Wildman–Crippen MR) is 101 cm³/mol. The average molecular weight is 357 g/mol. The van der Waals surface area contributed by atoms with Crippen LogP contribution in [0.5, 0.6) is 11.5 Å². The summed E-state index contributed by atoms with van der Waals surface area (Å²) in [4.78, 5) is 17.0. The van der Waals surface area contributed by atoms with Crippen LogP contribution < -0.4 is 20.1 Å². The van der Waals surface area contributed by atoms with Crippen molar-refractivity contribution >= 4 is 38.3 Å². The van der Waals surface area contributed by atoms with E-state index in [4.69, 9.17) is 9.47 Å². The third-order valence-electron chi connectivity index (χ3n) is 3.69. The van der Waals surface area contributed by atoms with E-state index in [2.05, 4.69) is 15.6 Å². The Morgan fingerprint density at radius 1 is 1.16 bits per heavy atom. The number of ether oxygens (including phenoxy) is 2. The molecule has 1 atom stereocenters. The highest BCUT2D eigenvalue weighted by molar-refractivity contribution is 7.22. The first-order valence-corrected chi connectivity index (χ1v) is 8.57. The van der Waals surface area contributed by atoms with Crippen LogP contribution in [0.4, 0.5) is 10.8 Å². The minimum absolute atomic E-state index is 0.178. The molecular formula is C18H19N3O3S. The normalized spacial score (nSPS) is 11.8. The molecule has 0 bridgehead atoms. The molecule has 2 N–H and O–H groups in total. The van der Waals surface area contributed by atoms with E-state index in [1.165, 1.54) is 11.3 Å². The molecule has 130 valence electrons. The highest BCUT2D eigenvalue weighted by atomic mass is 32.1. The molecule has 0 unspecified atom stereocenters. The fourth-order valence-electron chi connectivity index (χ4n) is 2.33. The van der Waals surface area contributed by atoms with Gasteiger partial charge in [0.15, 0.2) is 5.13 Å². The van der Waals surface area contributed by atoms with E-state index in [0.717, 1.165) is 10.2 Å². The Labute approximate surface area is 149 Å². The predicted octanol–water partition coefficient (Wildman–Crippen LogP) is 3.75. The molecule has 0 saturated heterocycles. The highest BCUT2D eigenvalue weighted by Gasteiger charge is 2.17. The van der Waals surface area contributed by atoms with Gasteiger partial charge in [-0.05, 0) is 31.2 Å². The van der Waals surface area contributed by atoms with Gasteiger partial charge in [-0.1, -0.05) is 23.5 Å². The number of para-hydroxylation sites is 1. The van der Waals surface area contributed by atoms with Gasteiger partial charge < -0.3 is 20.1 Å². The molecule has 2 aromatic carbocycles. The zero-order valence-electron chi connectivity index (χ0n) is 14.2. The number of nitrogens with one attached hydrogen (secondary N) is 2. The Balaban J connectivity index is 1.70. The van der Waals surface area contributed by atoms with Crippen molar-refractivity contribution in [2.24, 2.45) is 0 Å². The number of amides is 1. The Bertz CT molecular complexity index is 861. The van der Waals surface area contributed by atoms with E-state index in [1.807, 2.05) is 24.3 Å². The molecule has 3 rings (SSSR count). The first kappa shape index (κ1) is 17.0. The van der Waals surface area contributed by atoms with E-state index in [1.54, 1.807) is 39.3 Å². The molecule has 1 heterocycles. The van der Waals surface area contributed by atoms with E-state index < -0.39 is 6.04 Å². The molecular weight excluding hydrogens is 338 g/mol. The van der Waals surface area contributed by atoms with Crippen molar-refractivity contribution < 1.29 is 14.3 Å². The molecule has 0 fully saturated rings. The fraction of sp³-hybridized carbons (Fsp3) is 0.222. The molecule has 7 heteroatoms. The minimum Gasteiger partial charge on any atom is -0.497 e. The first-order valence-electron chi connectivity index (χ1n) is 7.75. The minimum atomic E-state index is -0.452. The van der Waals surface area contributed by atoms with Crippen molar-refractivity contribution in [1.29, 1.82) is 0 Å². The largest absolute Gasteiger partial charge is 0.497 e. The Morgan fingerprint density at radius 2 is 1.96 bits per heavy atom. The number of hydrogen-bond donors (Lipinski definition) is 2. The molecule has 0 spiro atoms. The van der Waals surface area contributed by atoms with Crippen LogP contribution in [0.25, 0.3) is 10.2 Å². The number of carbonyl (C=O) groups excluding carboxylic acids is 1. The lowest BCUT2D eigenvalue weighted by molar-refractivity contribution is -0.116. The van der Waals surface area contributed by atoms with Crippen LogP contribution >= 0.6 is 11.3 Å². The second-order valence-electron chi connectivity index (χ2n) is 5.41. The average Bonchev–Trinajstić information content (AvgIpc) is 3.04. The number of methoxy groups -OCH3 is 2. The first-order chi connectivity index (χ1) is 12.1. The van der Waals surface area contributed by atoms with Crippen molar-refractivity contribution in [2.45, 2.75) is 13.0 Å². The van der Waals surface area contributed by atoms with Crippen LogP contribution in [-0.2, 0) is 4.79 Å². The van der Waals surface area contributed by atoms with Crippen LogP contribution in [0.15, 0.2) is 42.5 Å². The maximum Gasteiger partial charge on any atom is 0.246 e. The summed E-state index contributed by atoms with van der Waals surface area (Å²) in [5.74, 6) is 1.03. The maximum atomic E-state index is 12.5. The number of fused-ring (bicyclic) bond motifs is 1. The van der Waals surface area contributed by atoms with Crippen LogP contribution in [-0.4, -0.2) is 31.2 Å². The quantitative estimate of drug-likeness (QED) is 0.703. The summed E-state index contributed by atoms with van der Waals surface area (Å²) in [6, 6.07) is 12.7. The second kappa shape index (κ2) is 7.40. The van der Waals surface area contributed by atoms with E-state index >= 15 is 0 Å². The smallest absolute Gasteiger partial charge is 0.246 e. The van der Waals surface area contributed by atoms with Gasteiger partial charge in [0.2, 0.25) is 5.91 Å². The van der Waals surface area contributed by atoms with Gasteiger partial charge in [-0.3, -0.25) is 4.79 Å². The molecule has 1 aromatic heterocycles. The van der Waals surface area contributed by atoms with Crippen molar-refractivity contribution in [3.05, 3.63) is 42.5 Å². The van der Waals surface area contributed by atoms with Gasteiger partial charge in [-0.2, -0.15) is 0 Å². The summed E-state index contributed by atoms with van der Waals surface area (Å²) >= 11 is 1.52. The van der Waals surface area contributed by atoms with Gasteiger partial charge >= 0.3 is 0 Å². The van der Waals surface area contributed by atoms with Crippen LogP contribution in [0, 0.1) is 0 Å². The fourth-order valence-corrected chi connectivity index (χ4v) is 3.28. The molecule has 0 aliphatic rings. The van der Waals surface area contributed by atoms with E-state index in [9.17, 15) is 4.79 Å². The summed E-state index contributed by atoms with van der Waals surface area (Å²) in [6.07, 6.45) is 0. The highest BCUT2D eigenvalue weighted by Crippen LogP contribution is 2.29. The molecule has 6 nitrogen and oxygen atoms in total.